The fourth-order valence-electron chi connectivity index (χ4n) is 9.22. The van der Waals surface area contributed by atoms with E-state index >= 15 is 0 Å². The number of aryl methyl sites for hydroxylation is 1. The van der Waals surface area contributed by atoms with Gasteiger partial charge >= 0.3 is 69.3 Å². The van der Waals surface area contributed by atoms with E-state index in [9.17, 15) is 19.2 Å². The number of nitro groups is 7. The van der Waals surface area contributed by atoms with Crippen LogP contribution in [-0.4, -0.2) is 162 Å². The number of carbonyl (C=O) groups is 3. The molecule has 0 amide bonds. The Morgan fingerprint density at radius 3 is 0.899 bits per heavy atom. The van der Waals surface area contributed by atoms with E-state index in [-0.39, 0.29) is 331 Å². The van der Waals surface area contributed by atoms with Crippen molar-refractivity contribution in [2.45, 2.75) is 123 Å². The molecule has 0 unspecified atom stereocenters. The van der Waals surface area contributed by atoms with E-state index in [0.29, 0.717) is 11.1 Å². The van der Waals surface area contributed by atoms with Crippen molar-refractivity contribution >= 4 is 102 Å². The van der Waals surface area contributed by atoms with Crippen molar-refractivity contribution in [3.05, 3.63) is 449 Å². The number of fused-ring (bicyclic) bond motifs is 6. The number of ether oxygens (including phenoxy) is 3. The normalized spacial score (nSPS) is 8.22. The van der Waals surface area contributed by atoms with Crippen molar-refractivity contribution in [1.82, 2.24) is 0 Å². The molecule has 0 aliphatic carbocycles. The third-order valence-electron chi connectivity index (χ3n) is 13.8. The number of carbonyl (C=O) groups excluding carboxylic acids is 3. The van der Waals surface area contributed by atoms with Crippen LogP contribution in [0.3, 0.4) is 0 Å². The molecule has 12 aromatic rings. The second-order valence-corrected chi connectivity index (χ2v) is 28.2. The summed E-state index contributed by atoms with van der Waals surface area (Å²) in [5.74, 6) is 3.15. The van der Waals surface area contributed by atoms with Crippen LogP contribution >= 0.6 is 45.3 Å². The van der Waals surface area contributed by atoms with Crippen LogP contribution in [-0.2, 0) is 236 Å². The summed E-state index contributed by atoms with van der Waals surface area (Å²) in [5.41, 5.74) is 26.3. The van der Waals surface area contributed by atoms with E-state index in [1.807, 2.05) is 234 Å². The monoisotopic (exact) mass is 2640 g/mol. The first-order chi connectivity index (χ1) is 65.0. The fraction of sp³-hybridized carbons (Fsp3) is 0.260. The summed E-state index contributed by atoms with van der Waals surface area (Å²) in [6.07, 6.45) is 2.14. The van der Waals surface area contributed by atoms with Crippen LogP contribution in [0.5, 0.6) is 5.75 Å². The molecule has 0 fully saturated rings. The predicted octanol–water partition coefficient (Wildman–Crippen LogP) is 21.4. The van der Waals surface area contributed by atoms with Crippen molar-refractivity contribution in [2.75, 3.05) is 98.9 Å². The van der Waals surface area contributed by atoms with Gasteiger partial charge in [0.2, 0.25) is 0 Å². The predicted molar refractivity (Wildman–Crippen MR) is 601 cm³/mol. The second-order valence-electron chi connectivity index (χ2n) is 22.8. The SMILES string of the molecule is C=S1c2ccccc2Cc2ccccc21.CC.CC.CC.CC.CC.CN.CN.CN.CN.COC(=O)c1ccccc1C.COC(=O)c1ccccc1O.COC(=O)c1ccccc1Sc1ccccc1.C[N+](=O)[O-].C[N+](=O)[O-].C[N+](=O)[O-].C[N+](=O)[O-].C[N+](=O)[O-].C[N+](=O)[O-].C[N+](=O)[O-].O=c1c2ccccc2sc2ccccc12.[CH3-].[CH3-].[CH3-].[CH3-].[CH3-].[CH3-].[K+].[S-]c1ccccc1.[Y].[Y].[Y].[Y].[Y].[Y].c1ccc2c(c1)Cc1ccccc1S2. The van der Waals surface area contributed by atoms with Gasteiger partial charge in [0.15, 0.2) is 54.8 Å². The molecule has 0 saturated heterocycles. The maximum atomic E-state index is 12.1. The van der Waals surface area contributed by atoms with Crippen LogP contribution in [0.2, 0.25) is 0 Å². The van der Waals surface area contributed by atoms with Crippen LogP contribution < -0.4 is 79.7 Å². The first-order valence-corrected chi connectivity index (χ1v) is 45.7. The zero-order valence-corrected chi connectivity index (χ0v) is 117. The zero-order chi connectivity index (χ0) is 107. The van der Waals surface area contributed by atoms with E-state index in [2.05, 4.69) is 135 Å². The molecule has 45 heteroatoms. The standard InChI is InChI=1S/C14H12O2S.C14H12S.C13H8OS.C13H10S.C9H10O2.C8H8O3.C6H6S.5C2H6.7CH3NO2.4CH5N.6CH3.K.6Y/c1-16-14(15)12-9-5-6-10-13(12)17-11-7-3-2-4-8-11;1-15-13-8-4-2-6-11(13)10-12-7-3-5-9-14(12)15;14-13-9-5-1-3-7-11(9)15-12-8-4-2-6-10(12)13;1-3-7-12-10(5-1)9-11-6-2-4-8-13(11)14-12;1-7-5-3-4-6-8(7)9(10)11-2;1-11-8(10)6-4-2-3-5-7(6)9;7-6-4-2-1-3-5-6;5*1-2;7*1-2(3)4;4*1-2;;;;;;;;;;;;;/h2-10H,1H3;2-9H,1,10H2;1-8H;1-8H,9H2;3-6H,1-2H3;2-5,9H,1H3;1-5,7H;5*1-2H3;7*1H3;4*2H2,1H3;6*1H3;;;;;;;/q;;;;;;;;;;;;;;;;;;;;;;;6*-1;+1;;;;;;/p-1. The molecule has 9 N–H and O–H groups in total. The van der Waals surface area contributed by atoms with Crippen LogP contribution in [0.25, 0.3) is 20.2 Å². The number of rotatable bonds is 5. The molecule has 2 aliphatic heterocycles. The molecule has 3 heterocycles. The number of methoxy groups -OCH3 is 3. The number of benzene rings is 11. The third kappa shape index (κ3) is 105. The number of hydrogen-bond acceptors (Lipinski definition) is 30. The first-order valence-electron chi connectivity index (χ1n) is 41.4. The van der Waals surface area contributed by atoms with Crippen LogP contribution in [0.1, 0.15) is 128 Å². The molecular weight excluding hydrogens is 2490 g/mol. The quantitative estimate of drug-likeness (QED) is 0.0123. The van der Waals surface area contributed by atoms with Gasteiger partial charge in [0.05, 0.1) is 32.5 Å². The molecule has 812 valence electrons. The summed E-state index contributed by atoms with van der Waals surface area (Å²) in [6.45, 7) is 21.9. The van der Waals surface area contributed by atoms with Gasteiger partial charge < -0.3 is 99.4 Å². The summed E-state index contributed by atoms with van der Waals surface area (Å²) in [6, 6.07) is 90.7. The molecule has 6 radical (unpaired) electrons. The minimum absolute atomic E-state index is 0. The Balaban J connectivity index is -0.0000000586. The number of phenolic OH excluding ortho intramolecular Hbond substituents is 1. The third-order valence-corrected chi connectivity index (χ3v) is 19.4. The number of nitrogens with zero attached hydrogens (tertiary/aromatic N) is 7. The summed E-state index contributed by atoms with van der Waals surface area (Å²) in [7, 11) is 16.3. The average molecular weight is 2640 g/mol. The van der Waals surface area contributed by atoms with Gasteiger partial charge in [-0.25, -0.2) is 14.4 Å². The Bertz CT molecular complexity index is 4980. The summed E-state index contributed by atoms with van der Waals surface area (Å²) in [4.78, 5) is 112. The molecule has 11 aromatic carbocycles. The Hall–Kier alpha value is -5.44. The first kappa shape index (κ1) is 197. The van der Waals surface area contributed by atoms with Gasteiger partial charge in [-0.05, 0) is 167 Å². The van der Waals surface area contributed by atoms with Gasteiger partial charge in [-0.15, -0.1) is 21.8 Å². The Morgan fingerprint density at radius 2 is 0.591 bits per heavy atom. The van der Waals surface area contributed by atoms with E-state index < -0.39 is 40.4 Å². The average Bonchev–Trinajstić information content (AvgIpc) is 0.571. The van der Waals surface area contributed by atoms with Crippen molar-refractivity contribution in [1.29, 1.82) is 0 Å². The summed E-state index contributed by atoms with van der Waals surface area (Å²) in [5, 5.41) is 72.4. The molecule has 14 rings (SSSR count). The van der Waals surface area contributed by atoms with Gasteiger partial charge in [0.1, 0.15) is 11.3 Å². The smallest absolute Gasteiger partial charge is 0.780 e. The van der Waals surface area contributed by atoms with E-state index in [4.69, 9.17) is 93.3 Å². The maximum absolute atomic E-state index is 12.1. The van der Waals surface area contributed by atoms with E-state index in [0.717, 1.165) is 103 Å². The van der Waals surface area contributed by atoms with E-state index in [1.54, 1.807) is 47.4 Å². The van der Waals surface area contributed by atoms with Crippen LogP contribution in [0, 0.1) is 122 Å². The molecule has 0 spiro atoms. The number of para-hydroxylation sites is 1. The molecule has 0 bridgehead atoms. The number of hydrogen-bond donors (Lipinski definition) is 5. The van der Waals surface area contributed by atoms with Gasteiger partial charge in [0, 0.05) is 280 Å². The molecule has 0 saturated carbocycles. The molecule has 0 atom stereocenters. The molecule has 1 aromatic heterocycles. The van der Waals surface area contributed by atoms with Crippen molar-refractivity contribution < 1.29 is 316 Å². The van der Waals surface area contributed by atoms with Gasteiger partial charge in [-0.2, -0.15) is 4.90 Å². The summed E-state index contributed by atoms with van der Waals surface area (Å²) < 4.78 is 15.9. The Morgan fingerprint density at radius 1 is 0.356 bits per heavy atom. The maximum Gasteiger partial charge on any atom is 1.00 e. The zero-order valence-electron chi connectivity index (χ0n) is 92.6. The molecular formula is C104H154KN11O22S5Y6-6. The van der Waals surface area contributed by atoms with Crippen LogP contribution in [0.4, 0.5) is 0 Å². The minimum atomic E-state index is -0.525. The molecule has 2 aliphatic rings. The second kappa shape index (κ2) is 137. The van der Waals surface area contributed by atoms with Gasteiger partial charge in [0.25, 0.3) is 0 Å². The largest absolute Gasteiger partial charge is 1.00 e. The Labute approximate surface area is 1100 Å². The van der Waals surface area contributed by atoms with Crippen molar-refractivity contribution in [3.8, 4) is 5.75 Å². The van der Waals surface area contributed by atoms with E-state index in [1.165, 1.54) is 103 Å². The number of phenols is 1. The molecule has 33 nitrogen and oxygen atoms in total. The van der Waals surface area contributed by atoms with Gasteiger partial charge in [-0.3, -0.25) is 75.6 Å². The van der Waals surface area contributed by atoms with Crippen molar-refractivity contribution in [2.24, 2.45) is 22.9 Å². The Kier molecular flexibility index (Phi) is 181. The number of aromatic hydroxyl groups is 1. The van der Waals surface area contributed by atoms with Gasteiger partial charge in [-0.1, -0.05) is 287 Å². The fourth-order valence-corrected chi connectivity index (χ4v) is 14.1. The molecule has 149 heavy (non-hydrogen) atoms. The number of nitrogens with two attached hydrogens (primary N) is 4. The van der Waals surface area contributed by atoms with Crippen molar-refractivity contribution in [3.63, 3.8) is 0 Å². The van der Waals surface area contributed by atoms with Crippen LogP contribution in [0.15, 0.2) is 318 Å². The topological polar surface area (TPSA) is 522 Å². The summed E-state index contributed by atoms with van der Waals surface area (Å²) >= 11 is 9.92. The minimum Gasteiger partial charge on any atom is -0.780 e. The number of esters is 3.